The summed E-state index contributed by atoms with van der Waals surface area (Å²) >= 11 is 7.52. The van der Waals surface area contributed by atoms with Crippen LogP contribution in [0.25, 0.3) is 10.2 Å². The lowest BCUT2D eigenvalue weighted by atomic mass is 9.83. The first-order valence-electron chi connectivity index (χ1n) is 11.1. The van der Waals surface area contributed by atoms with Crippen LogP contribution in [-0.2, 0) is 16.0 Å². The van der Waals surface area contributed by atoms with Crippen molar-refractivity contribution >= 4 is 51.0 Å². The molecule has 0 spiro atoms. The number of carbonyl (C=O) groups is 3. The van der Waals surface area contributed by atoms with Crippen molar-refractivity contribution in [3.8, 4) is 0 Å². The Labute approximate surface area is 202 Å². The van der Waals surface area contributed by atoms with Crippen LogP contribution in [0.2, 0.25) is 5.02 Å². The number of aromatic nitrogens is 1. The quantitative estimate of drug-likeness (QED) is 0.403. The van der Waals surface area contributed by atoms with Crippen LogP contribution in [0.1, 0.15) is 37.1 Å². The van der Waals surface area contributed by atoms with Gasteiger partial charge in [-0.2, -0.15) is 0 Å². The van der Waals surface area contributed by atoms with Gasteiger partial charge in [0.05, 0.1) is 15.2 Å². The van der Waals surface area contributed by atoms with Gasteiger partial charge in [-0.05, 0) is 43.0 Å². The fourth-order valence-corrected chi connectivity index (χ4v) is 5.37. The first-order chi connectivity index (χ1) is 15.9. The Morgan fingerprint density at radius 3 is 2.70 bits per heavy atom. The first kappa shape index (κ1) is 25.0. The van der Waals surface area contributed by atoms with Gasteiger partial charge in [0.1, 0.15) is 6.04 Å². The molecular formula is C23H30ClN5O3S. The van der Waals surface area contributed by atoms with Crippen molar-refractivity contribution in [2.75, 3.05) is 13.6 Å². The number of halogens is 1. The summed E-state index contributed by atoms with van der Waals surface area (Å²) in [6, 6.07) is 3.94. The molecule has 1 aromatic carbocycles. The molecule has 0 radical (unpaired) electrons. The number of benzene rings is 1. The summed E-state index contributed by atoms with van der Waals surface area (Å²) < 4.78 is 0.920. The van der Waals surface area contributed by atoms with Crippen LogP contribution in [0.4, 0.5) is 4.79 Å². The molecule has 1 fully saturated rings. The second-order valence-electron chi connectivity index (χ2n) is 8.16. The highest BCUT2D eigenvalue weighted by Gasteiger charge is 2.29. The number of nitrogens with zero attached hydrogens (tertiary/aromatic N) is 1. The molecule has 8 nitrogen and oxygen atoms in total. The van der Waals surface area contributed by atoms with Gasteiger partial charge in [0.25, 0.3) is 0 Å². The van der Waals surface area contributed by atoms with E-state index in [-0.39, 0.29) is 30.2 Å². The van der Waals surface area contributed by atoms with Crippen LogP contribution >= 0.6 is 22.9 Å². The maximum Gasteiger partial charge on any atom is 0.315 e. The van der Waals surface area contributed by atoms with E-state index in [9.17, 15) is 14.4 Å². The van der Waals surface area contributed by atoms with Gasteiger partial charge in [-0.25, -0.2) is 9.78 Å². The Morgan fingerprint density at radius 1 is 1.24 bits per heavy atom. The maximum absolute atomic E-state index is 13.3. The number of thiazole rings is 1. The molecule has 10 heteroatoms. The second kappa shape index (κ2) is 12.0. The fraction of sp³-hybridized carbons (Fsp3) is 0.478. The van der Waals surface area contributed by atoms with E-state index in [1.165, 1.54) is 30.9 Å². The van der Waals surface area contributed by atoms with Gasteiger partial charge in [-0.3, -0.25) is 9.59 Å². The third-order valence-corrected chi connectivity index (χ3v) is 7.13. The first-order valence-corrected chi connectivity index (χ1v) is 12.3. The van der Waals surface area contributed by atoms with Crippen molar-refractivity contribution < 1.29 is 14.4 Å². The summed E-state index contributed by atoms with van der Waals surface area (Å²) in [5, 5.41) is 12.5. The molecule has 178 valence electrons. The molecule has 4 amide bonds. The zero-order chi connectivity index (χ0) is 23.8. The molecule has 1 aromatic heterocycles. The molecule has 33 heavy (non-hydrogen) atoms. The summed E-state index contributed by atoms with van der Waals surface area (Å²) in [5.41, 5.74) is 0.797. The van der Waals surface area contributed by atoms with Gasteiger partial charge < -0.3 is 21.3 Å². The smallest absolute Gasteiger partial charge is 0.315 e. The summed E-state index contributed by atoms with van der Waals surface area (Å²) in [4.78, 5) is 41.7. The third kappa shape index (κ3) is 7.17. The molecule has 1 aliphatic rings. The van der Waals surface area contributed by atoms with Crippen molar-refractivity contribution in [1.29, 1.82) is 0 Å². The standard InChI is InChI=1S/C23H30ClN5O3S/c1-3-20(30)26-13-18(14-7-5-4-6-8-14)28-22(31)17(29-23(32)25-2)12-21-27-16-10-9-15(24)11-19(16)33-21/h3,9-11,14,17-18H,1,4-8,12-13H2,2H3,(H,26,30)(H,28,31)(H2,25,29,32)/t17-,18?/m0/s1. The number of hydrogen-bond donors (Lipinski definition) is 4. The molecule has 1 heterocycles. The predicted molar refractivity (Wildman–Crippen MR) is 131 cm³/mol. The molecule has 3 rings (SSSR count). The van der Waals surface area contributed by atoms with Gasteiger partial charge in [0, 0.05) is 31.1 Å². The monoisotopic (exact) mass is 491 g/mol. The lowest BCUT2D eigenvalue weighted by Gasteiger charge is -2.32. The molecule has 0 bridgehead atoms. The number of carbonyl (C=O) groups excluding carboxylic acids is 3. The number of nitrogens with one attached hydrogen (secondary N) is 4. The van der Waals surface area contributed by atoms with Crippen LogP contribution in [0.15, 0.2) is 30.9 Å². The average molecular weight is 492 g/mol. The zero-order valence-electron chi connectivity index (χ0n) is 18.7. The SMILES string of the molecule is C=CC(=O)NCC(NC(=O)[C@H](Cc1nc2ccc(Cl)cc2s1)NC(=O)NC)C1CCCCC1. The summed E-state index contributed by atoms with van der Waals surface area (Å²) in [5.74, 6) is -0.324. The van der Waals surface area contributed by atoms with Crippen molar-refractivity contribution in [1.82, 2.24) is 26.3 Å². The van der Waals surface area contributed by atoms with Crippen LogP contribution in [0.5, 0.6) is 0 Å². The number of fused-ring (bicyclic) bond motifs is 1. The second-order valence-corrected chi connectivity index (χ2v) is 9.71. The van der Waals surface area contributed by atoms with Gasteiger partial charge >= 0.3 is 6.03 Å². The van der Waals surface area contributed by atoms with Crippen LogP contribution in [0, 0.1) is 5.92 Å². The number of rotatable bonds is 9. The molecule has 2 atom stereocenters. The number of urea groups is 1. The lowest BCUT2D eigenvalue weighted by molar-refractivity contribution is -0.124. The minimum Gasteiger partial charge on any atom is -0.351 e. The largest absolute Gasteiger partial charge is 0.351 e. The molecule has 4 N–H and O–H groups in total. The van der Waals surface area contributed by atoms with Gasteiger partial charge in [0.15, 0.2) is 0 Å². The Balaban J connectivity index is 1.76. The van der Waals surface area contributed by atoms with E-state index >= 15 is 0 Å². The van der Waals surface area contributed by atoms with Crippen molar-refractivity contribution in [3.63, 3.8) is 0 Å². The molecule has 1 unspecified atom stereocenters. The Hall–Kier alpha value is -2.65. The van der Waals surface area contributed by atoms with Crippen molar-refractivity contribution in [2.24, 2.45) is 5.92 Å². The van der Waals surface area contributed by atoms with Crippen molar-refractivity contribution in [3.05, 3.63) is 40.9 Å². The van der Waals surface area contributed by atoms with Gasteiger partial charge in [0.2, 0.25) is 11.8 Å². The molecule has 1 aliphatic carbocycles. The van der Waals surface area contributed by atoms with Crippen molar-refractivity contribution in [2.45, 2.75) is 50.6 Å². The van der Waals surface area contributed by atoms with Gasteiger partial charge in [-0.1, -0.05) is 37.4 Å². The minimum absolute atomic E-state index is 0.232. The van der Waals surface area contributed by atoms with E-state index in [0.29, 0.717) is 11.6 Å². The summed E-state index contributed by atoms with van der Waals surface area (Å²) in [7, 11) is 1.50. The number of amides is 4. The highest BCUT2D eigenvalue weighted by Crippen LogP contribution is 2.27. The van der Waals surface area contributed by atoms with E-state index in [4.69, 9.17) is 11.6 Å². The maximum atomic E-state index is 13.3. The van der Waals surface area contributed by atoms with Gasteiger partial charge in [-0.15, -0.1) is 11.3 Å². The third-order valence-electron chi connectivity index (χ3n) is 5.85. The number of hydrogen-bond acceptors (Lipinski definition) is 5. The molecule has 1 saturated carbocycles. The minimum atomic E-state index is -0.817. The molecule has 0 aliphatic heterocycles. The van der Waals surface area contributed by atoms with E-state index in [0.717, 1.165) is 40.9 Å². The van der Waals surface area contributed by atoms with Crippen LogP contribution in [-0.4, -0.2) is 48.5 Å². The highest BCUT2D eigenvalue weighted by atomic mass is 35.5. The predicted octanol–water partition coefficient (Wildman–Crippen LogP) is 3.16. The molecule has 2 aromatic rings. The normalized spacial score (nSPS) is 15.9. The van der Waals surface area contributed by atoms with E-state index in [2.05, 4.69) is 32.8 Å². The highest BCUT2D eigenvalue weighted by molar-refractivity contribution is 7.18. The summed E-state index contributed by atoms with van der Waals surface area (Å²) in [6.07, 6.45) is 6.81. The summed E-state index contributed by atoms with van der Waals surface area (Å²) in [6.45, 7) is 3.80. The topological polar surface area (TPSA) is 112 Å². The Kier molecular flexibility index (Phi) is 9.08. The van der Waals surface area contributed by atoms with E-state index in [1.54, 1.807) is 6.07 Å². The fourth-order valence-electron chi connectivity index (χ4n) is 4.09. The van der Waals surface area contributed by atoms with Crippen LogP contribution in [0.3, 0.4) is 0 Å². The average Bonchev–Trinajstić information content (AvgIpc) is 3.22. The van der Waals surface area contributed by atoms with E-state index in [1.807, 2.05) is 12.1 Å². The van der Waals surface area contributed by atoms with Crippen LogP contribution < -0.4 is 21.3 Å². The molecular weight excluding hydrogens is 462 g/mol. The Morgan fingerprint density at radius 2 is 2.00 bits per heavy atom. The lowest BCUT2D eigenvalue weighted by Crippen LogP contribution is -2.56. The van der Waals surface area contributed by atoms with E-state index < -0.39 is 12.1 Å². The molecule has 0 saturated heterocycles. The zero-order valence-corrected chi connectivity index (χ0v) is 20.2. The Bertz CT molecular complexity index is 1010.